The highest BCUT2D eigenvalue weighted by atomic mass is 32.2. The van der Waals surface area contributed by atoms with Crippen molar-refractivity contribution in [3.63, 3.8) is 0 Å². The van der Waals surface area contributed by atoms with Crippen LogP contribution < -0.4 is 4.72 Å². The first-order valence-electron chi connectivity index (χ1n) is 6.41. The minimum atomic E-state index is -3.58. The van der Waals surface area contributed by atoms with Crippen molar-refractivity contribution in [1.29, 1.82) is 0 Å². The summed E-state index contributed by atoms with van der Waals surface area (Å²) in [4.78, 5) is 0. The summed E-state index contributed by atoms with van der Waals surface area (Å²) in [6, 6.07) is 14.1. The van der Waals surface area contributed by atoms with Crippen molar-refractivity contribution in [2.24, 2.45) is 0 Å². The Morgan fingerprint density at radius 3 is 2.29 bits per heavy atom. The van der Waals surface area contributed by atoms with Crippen molar-refractivity contribution < 1.29 is 17.9 Å². The predicted molar refractivity (Wildman–Crippen MR) is 78.4 cm³/mol. The smallest absolute Gasteiger partial charge is 0.215 e. The Labute approximate surface area is 123 Å². The average molecular weight is 309 g/mol. The maximum atomic E-state index is 12.8. The first-order chi connectivity index (χ1) is 9.96. The van der Waals surface area contributed by atoms with Gasteiger partial charge in [-0.15, -0.1) is 0 Å². The van der Waals surface area contributed by atoms with E-state index in [2.05, 4.69) is 4.72 Å². The lowest BCUT2D eigenvalue weighted by atomic mass is 10.1. The van der Waals surface area contributed by atoms with Crippen LogP contribution in [0.2, 0.25) is 0 Å². The second-order valence-corrected chi connectivity index (χ2v) is 6.47. The number of rotatable bonds is 6. The Bertz CT molecular complexity index is 672. The largest absolute Gasteiger partial charge is 0.387 e. The van der Waals surface area contributed by atoms with Gasteiger partial charge in [0, 0.05) is 6.54 Å². The number of benzene rings is 2. The van der Waals surface area contributed by atoms with Crippen LogP contribution in [0, 0.1) is 5.82 Å². The first-order valence-corrected chi connectivity index (χ1v) is 8.06. The summed E-state index contributed by atoms with van der Waals surface area (Å²) in [7, 11) is -3.58. The van der Waals surface area contributed by atoms with E-state index in [0.717, 1.165) is 0 Å². The number of hydrogen-bond donors (Lipinski definition) is 2. The van der Waals surface area contributed by atoms with E-state index in [4.69, 9.17) is 0 Å². The third-order valence-electron chi connectivity index (χ3n) is 2.95. The molecule has 2 N–H and O–H groups in total. The molecule has 4 nitrogen and oxygen atoms in total. The Balaban J connectivity index is 1.94. The molecule has 0 spiro atoms. The molecular formula is C15H16FNO3S. The van der Waals surface area contributed by atoms with Crippen molar-refractivity contribution in [2.45, 2.75) is 11.9 Å². The first kappa shape index (κ1) is 15.6. The van der Waals surface area contributed by atoms with E-state index in [1.54, 1.807) is 24.3 Å². The molecule has 0 saturated heterocycles. The summed E-state index contributed by atoms with van der Waals surface area (Å²) in [5.74, 6) is -0.668. The van der Waals surface area contributed by atoms with Gasteiger partial charge in [0.15, 0.2) is 0 Å². The SMILES string of the molecule is O=S(=O)(Cc1ccc(F)cc1)NCC(O)c1ccccc1. The summed E-state index contributed by atoms with van der Waals surface area (Å²) in [6.07, 6.45) is -0.908. The molecule has 0 fully saturated rings. The van der Waals surface area contributed by atoms with E-state index in [9.17, 15) is 17.9 Å². The van der Waals surface area contributed by atoms with E-state index in [0.29, 0.717) is 11.1 Å². The number of aliphatic hydroxyl groups excluding tert-OH is 1. The molecule has 6 heteroatoms. The molecule has 1 atom stereocenters. The fourth-order valence-corrected chi connectivity index (χ4v) is 3.00. The van der Waals surface area contributed by atoms with Crippen LogP contribution >= 0.6 is 0 Å². The molecule has 1 unspecified atom stereocenters. The maximum Gasteiger partial charge on any atom is 0.215 e. The van der Waals surface area contributed by atoms with Crippen molar-refractivity contribution in [3.8, 4) is 0 Å². The van der Waals surface area contributed by atoms with Gasteiger partial charge >= 0.3 is 0 Å². The zero-order chi connectivity index (χ0) is 15.3. The van der Waals surface area contributed by atoms with E-state index >= 15 is 0 Å². The van der Waals surface area contributed by atoms with Gasteiger partial charge in [0.25, 0.3) is 0 Å². The molecule has 2 rings (SSSR count). The summed E-state index contributed by atoms with van der Waals surface area (Å²) < 4.78 is 38.9. The van der Waals surface area contributed by atoms with Crippen LogP contribution in [-0.2, 0) is 15.8 Å². The van der Waals surface area contributed by atoms with Crippen molar-refractivity contribution in [2.75, 3.05) is 6.54 Å². The second kappa shape index (κ2) is 6.80. The van der Waals surface area contributed by atoms with Gasteiger partial charge in [-0.3, -0.25) is 0 Å². The molecule has 112 valence electrons. The molecule has 21 heavy (non-hydrogen) atoms. The number of sulfonamides is 1. The molecule has 0 aliphatic carbocycles. The molecule has 0 amide bonds. The van der Waals surface area contributed by atoms with E-state index in [1.165, 1.54) is 24.3 Å². The Morgan fingerprint density at radius 2 is 1.67 bits per heavy atom. The molecule has 0 heterocycles. The second-order valence-electron chi connectivity index (χ2n) is 4.66. The highest BCUT2D eigenvalue weighted by Crippen LogP contribution is 2.12. The van der Waals surface area contributed by atoms with Gasteiger partial charge in [-0.1, -0.05) is 42.5 Å². The minimum absolute atomic E-state index is 0.104. The van der Waals surface area contributed by atoms with E-state index in [1.807, 2.05) is 6.07 Å². The Morgan fingerprint density at radius 1 is 1.05 bits per heavy atom. The lowest BCUT2D eigenvalue weighted by Gasteiger charge is -2.12. The fraction of sp³-hybridized carbons (Fsp3) is 0.200. The van der Waals surface area contributed by atoms with Crippen LogP contribution in [0.25, 0.3) is 0 Å². The van der Waals surface area contributed by atoms with Crippen molar-refractivity contribution >= 4 is 10.0 Å². The molecule has 2 aromatic rings. The number of hydrogen-bond acceptors (Lipinski definition) is 3. The van der Waals surface area contributed by atoms with Crippen LogP contribution in [-0.4, -0.2) is 20.1 Å². The van der Waals surface area contributed by atoms with Crippen molar-refractivity contribution in [1.82, 2.24) is 4.72 Å². The molecule has 0 bridgehead atoms. The van der Waals surface area contributed by atoms with Crippen LogP contribution in [0.5, 0.6) is 0 Å². The summed E-state index contributed by atoms with van der Waals surface area (Å²) >= 11 is 0. The number of halogens is 1. The van der Waals surface area contributed by atoms with Gasteiger partial charge < -0.3 is 5.11 Å². The molecule has 0 aromatic heterocycles. The zero-order valence-corrected chi connectivity index (χ0v) is 12.1. The minimum Gasteiger partial charge on any atom is -0.387 e. The summed E-state index contributed by atoms with van der Waals surface area (Å²) in [5.41, 5.74) is 1.13. The standard InChI is InChI=1S/C15H16FNO3S/c16-14-8-6-12(7-9-14)11-21(19,20)17-10-15(18)13-4-2-1-3-5-13/h1-9,15,17-18H,10-11H2. The summed E-state index contributed by atoms with van der Waals surface area (Å²) in [5, 5.41) is 9.91. The molecular weight excluding hydrogens is 293 g/mol. The molecule has 0 saturated carbocycles. The molecule has 0 radical (unpaired) electrons. The quantitative estimate of drug-likeness (QED) is 0.857. The highest BCUT2D eigenvalue weighted by Gasteiger charge is 2.15. The lowest BCUT2D eigenvalue weighted by molar-refractivity contribution is 0.182. The van der Waals surface area contributed by atoms with Gasteiger partial charge in [-0.2, -0.15) is 0 Å². The van der Waals surface area contributed by atoms with Crippen LogP contribution in [0.15, 0.2) is 54.6 Å². The van der Waals surface area contributed by atoms with Crippen molar-refractivity contribution in [3.05, 3.63) is 71.5 Å². The average Bonchev–Trinajstić information content (AvgIpc) is 2.48. The monoisotopic (exact) mass is 309 g/mol. The fourth-order valence-electron chi connectivity index (χ4n) is 1.85. The van der Waals surface area contributed by atoms with Gasteiger partial charge in [0.05, 0.1) is 11.9 Å². The number of aliphatic hydroxyl groups is 1. The summed E-state index contributed by atoms with van der Waals surface area (Å²) in [6.45, 7) is -0.104. The predicted octanol–water partition coefficient (Wildman–Crippen LogP) is 1.98. The third kappa shape index (κ3) is 4.93. The Hall–Kier alpha value is -1.76. The van der Waals surface area contributed by atoms with Gasteiger partial charge in [-0.05, 0) is 23.3 Å². The molecule has 0 aliphatic rings. The van der Waals surface area contributed by atoms with Gasteiger partial charge in [-0.25, -0.2) is 17.5 Å². The van der Waals surface area contributed by atoms with Crippen LogP contribution in [0.4, 0.5) is 4.39 Å². The van der Waals surface area contributed by atoms with Crippen LogP contribution in [0.3, 0.4) is 0 Å². The van der Waals surface area contributed by atoms with Crippen LogP contribution in [0.1, 0.15) is 17.2 Å². The molecule has 2 aromatic carbocycles. The number of nitrogens with one attached hydrogen (secondary N) is 1. The third-order valence-corrected chi connectivity index (χ3v) is 4.27. The van der Waals surface area contributed by atoms with Gasteiger partial charge in [0.1, 0.15) is 5.82 Å². The van der Waals surface area contributed by atoms with E-state index in [-0.39, 0.29) is 12.3 Å². The maximum absolute atomic E-state index is 12.8. The topological polar surface area (TPSA) is 66.4 Å². The van der Waals surface area contributed by atoms with Gasteiger partial charge in [0.2, 0.25) is 10.0 Å². The van der Waals surface area contributed by atoms with E-state index < -0.39 is 21.9 Å². The molecule has 0 aliphatic heterocycles. The lowest BCUT2D eigenvalue weighted by Crippen LogP contribution is -2.29. The Kier molecular flexibility index (Phi) is 5.06. The highest BCUT2D eigenvalue weighted by molar-refractivity contribution is 7.88. The normalized spacial score (nSPS) is 13.0. The zero-order valence-electron chi connectivity index (χ0n) is 11.2.